The van der Waals surface area contributed by atoms with Crippen molar-refractivity contribution in [1.29, 1.82) is 0 Å². The number of benzene rings is 1. The molecule has 76 valence electrons. The fourth-order valence-electron chi connectivity index (χ4n) is 1.42. The number of aliphatic hydroxyl groups excluding tert-OH is 1. The molecule has 0 heterocycles. The molecule has 1 saturated carbocycles. The highest BCUT2D eigenvalue weighted by molar-refractivity contribution is 9.10. The van der Waals surface area contributed by atoms with Crippen LogP contribution in [0.4, 0.5) is 0 Å². The summed E-state index contributed by atoms with van der Waals surface area (Å²) in [7, 11) is 0. The molecule has 0 aliphatic heterocycles. The van der Waals surface area contributed by atoms with E-state index in [2.05, 4.69) is 21.2 Å². The van der Waals surface area contributed by atoms with Crippen LogP contribution in [0.2, 0.25) is 0 Å². The maximum absolute atomic E-state index is 9.89. The summed E-state index contributed by atoms with van der Waals surface area (Å²) in [5.41, 5.74) is 0.959. The van der Waals surface area contributed by atoms with Gasteiger partial charge in [-0.1, -0.05) is 34.1 Å². The summed E-state index contributed by atoms with van der Waals surface area (Å²) >= 11 is 3.43. The smallest absolute Gasteiger partial charge is 0.0925 e. The summed E-state index contributed by atoms with van der Waals surface area (Å²) in [5.74, 6) is 0. The number of hydrogen-bond donors (Lipinski definition) is 2. The Balaban J connectivity index is 1.95. The van der Waals surface area contributed by atoms with Crippen LogP contribution in [0.1, 0.15) is 24.5 Å². The second-order valence-corrected chi connectivity index (χ2v) is 4.57. The second kappa shape index (κ2) is 4.43. The first kappa shape index (κ1) is 10.1. The summed E-state index contributed by atoms with van der Waals surface area (Å²) in [4.78, 5) is 0. The Bertz CT molecular complexity index is 312. The maximum atomic E-state index is 9.89. The van der Waals surface area contributed by atoms with Gasteiger partial charge in [-0.2, -0.15) is 0 Å². The Morgan fingerprint density at radius 1 is 1.43 bits per heavy atom. The lowest BCUT2D eigenvalue weighted by atomic mass is 10.1. The molecule has 2 rings (SSSR count). The molecular weight excluding hydrogens is 242 g/mol. The van der Waals surface area contributed by atoms with Gasteiger partial charge in [-0.05, 0) is 24.5 Å². The number of aliphatic hydroxyl groups is 1. The van der Waals surface area contributed by atoms with Crippen molar-refractivity contribution in [3.8, 4) is 0 Å². The molecule has 1 aliphatic rings. The Hall–Kier alpha value is -0.380. The molecule has 0 radical (unpaired) electrons. The molecule has 0 saturated heterocycles. The van der Waals surface area contributed by atoms with Gasteiger partial charge in [-0.25, -0.2) is 0 Å². The van der Waals surface area contributed by atoms with Crippen LogP contribution in [0.5, 0.6) is 0 Å². The van der Waals surface area contributed by atoms with Gasteiger partial charge in [-0.3, -0.25) is 0 Å². The lowest BCUT2D eigenvalue weighted by molar-refractivity contribution is 0.173. The quantitative estimate of drug-likeness (QED) is 0.865. The van der Waals surface area contributed by atoms with Crippen LogP contribution >= 0.6 is 15.9 Å². The highest BCUT2D eigenvalue weighted by atomic mass is 79.9. The molecule has 0 aromatic heterocycles. The standard InChI is InChI=1S/C11H14BrNO/c12-10-4-2-1-3-9(10)11(14)7-13-8-5-6-8/h1-4,8,11,13-14H,5-7H2. The van der Waals surface area contributed by atoms with Gasteiger partial charge in [0.2, 0.25) is 0 Å². The largest absolute Gasteiger partial charge is 0.387 e. The van der Waals surface area contributed by atoms with Crippen molar-refractivity contribution < 1.29 is 5.11 Å². The summed E-state index contributed by atoms with van der Waals surface area (Å²) in [6.45, 7) is 0.646. The van der Waals surface area contributed by atoms with Crippen LogP contribution in [0.25, 0.3) is 0 Å². The van der Waals surface area contributed by atoms with E-state index in [-0.39, 0.29) is 0 Å². The highest BCUT2D eigenvalue weighted by Gasteiger charge is 2.22. The molecule has 2 nitrogen and oxygen atoms in total. The van der Waals surface area contributed by atoms with E-state index in [0.29, 0.717) is 12.6 Å². The van der Waals surface area contributed by atoms with Crippen molar-refractivity contribution in [3.05, 3.63) is 34.3 Å². The third-order valence-electron chi connectivity index (χ3n) is 2.44. The van der Waals surface area contributed by atoms with Gasteiger partial charge in [-0.15, -0.1) is 0 Å². The first-order chi connectivity index (χ1) is 6.77. The normalized spacial score (nSPS) is 18.1. The molecule has 1 unspecified atom stereocenters. The molecule has 1 aromatic rings. The monoisotopic (exact) mass is 255 g/mol. The van der Waals surface area contributed by atoms with E-state index >= 15 is 0 Å². The van der Waals surface area contributed by atoms with E-state index in [9.17, 15) is 5.11 Å². The Morgan fingerprint density at radius 2 is 2.14 bits per heavy atom. The third-order valence-corrected chi connectivity index (χ3v) is 3.16. The highest BCUT2D eigenvalue weighted by Crippen LogP contribution is 2.24. The molecular formula is C11H14BrNO. The van der Waals surface area contributed by atoms with Crippen molar-refractivity contribution in [1.82, 2.24) is 5.32 Å². The molecule has 2 N–H and O–H groups in total. The van der Waals surface area contributed by atoms with Gasteiger partial charge in [0.25, 0.3) is 0 Å². The zero-order valence-corrected chi connectivity index (χ0v) is 9.50. The number of rotatable bonds is 4. The minimum Gasteiger partial charge on any atom is -0.387 e. The molecule has 1 aliphatic carbocycles. The summed E-state index contributed by atoms with van der Waals surface area (Å²) in [5, 5.41) is 13.2. The van der Waals surface area contributed by atoms with Crippen LogP contribution in [-0.4, -0.2) is 17.7 Å². The van der Waals surface area contributed by atoms with Gasteiger partial charge < -0.3 is 10.4 Å². The van der Waals surface area contributed by atoms with Crippen molar-refractivity contribution in [2.75, 3.05) is 6.54 Å². The minimum absolute atomic E-state index is 0.411. The molecule has 14 heavy (non-hydrogen) atoms. The van der Waals surface area contributed by atoms with E-state index in [4.69, 9.17) is 0 Å². The molecule has 0 spiro atoms. The number of hydrogen-bond acceptors (Lipinski definition) is 2. The topological polar surface area (TPSA) is 32.3 Å². The zero-order chi connectivity index (χ0) is 9.97. The van der Waals surface area contributed by atoms with Gasteiger partial charge in [0.1, 0.15) is 0 Å². The molecule has 3 heteroatoms. The molecule has 0 amide bonds. The predicted molar refractivity (Wildman–Crippen MR) is 60.1 cm³/mol. The summed E-state index contributed by atoms with van der Waals surface area (Å²) < 4.78 is 0.977. The fourth-order valence-corrected chi connectivity index (χ4v) is 1.97. The number of halogens is 1. The van der Waals surface area contributed by atoms with E-state index in [1.54, 1.807) is 0 Å². The molecule has 0 bridgehead atoms. The fraction of sp³-hybridized carbons (Fsp3) is 0.455. The van der Waals surface area contributed by atoms with Crippen LogP contribution < -0.4 is 5.32 Å². The average Bonchev–Trinajstić information content (AvgIpc) is 2.98. The van der Waals surface area contributed by atoms with Crippen molar-refractivity contribution in [3.63, 3.8) is 0 Å². The lowest BCUT2D eigenvalue weighted by Gasteiger charge is -2.13. The molecule has 1 atom stereocenters. The van der Waals surface area contributed by atoms with E-state index in [1.165, 1.54) is 12.8 Å². The molecule has 1 aromatic carbocycles. The van der Waals surface area contributed by atoms with Crippen LogP contribution in [0.3, 0.4) is 0 Å². The van der Waals surface area contributed by atoms with Crippen LogP contribution in [0.15, 0.2) is 28.7 Å². The van der Waals surface area contributed by atoms with Crippen molar-refractivity contribution in [2.24, 2.45) is 0 Å². The van der Waals surface area contributed by atoms with E-state index in [0.717, 1.165) is 10.0 Å². The number of nitrogens with one attached hydrogen (secondary N) is 1. The Morgan fingerprint density at radius 3 is 2.79 bits per heavy atom. The Labute approximate surface area is 92.5 Å². The van der Waals surface area contributed by atoms with Crippen LogP contribution in [0, 0.1) is 0 Å². The molecule has 1 fully saturated rings. The first-order valence-corrected chi connectivity index (χ1v) is 5.72. The lowest BCUT2D eigenvalue weighted by Crippen LogP contribution is -2.23. The van der Waals surface area contributed by atoms with Crippen molar-refractivity contribution in [2.45, 2.75) is 25.0 Å². The minimum atomic E-state index is -0.411. The van der Waals surface area contributed by atoms with Gasteiger partial charge in [0.15, 0.2) is 0 Å². The predicted octanol–water partition coefficient (Wildman–Crippen LogP) is 2.23. The average molecular weight is 256 g/mol. The SMILES string of the molecule is OC(CNC1CC1)c1ccccc1Br. The van der Waals surface area contributed by atoms with E-state index < -0.39 is 6.10 Å². The van der Waals surface area contributed by atoms with Crippen LogP contribution in [-0.2, 0) is 0 Å². The second-order valence-electron chi connectivity index (χ2n) is 3.72. The summed E-state index contributed by atoms with van der Waals surface area (Å²) in [6, 6.07) is 8.45. The van der Waals surface area contributed by atoms with Gasteiger partial charge in [0.05, 0.1) is 6.10 Å². The summed E-state index contributed by atoms with van der Waals surface area (Å²) in [6.07, 6.45) is 2.09. The third kappa shape index (κ3) is 2.56. The van der Waals surface area contributed by atoms with Crippen molar-refractivity contribution >= 4 is 15.9 Å². The van der Waals surface area contributed by atoms with Gasteiger partial charge >= 0.3 is 0 Å². The van der Waals surface area contributed by atoms with E-state index in [1.807, 2.05) is 24.3 Å². The maximum Gasteiger partial charge on any atom is 0.0925 e. The Kier molecular flexibility index (Phi) is 3.21. The van der Waals surface area contributed by atoms with Gasteiger partial charge in [0, 0.05) is 17.1 Å². The zero-order valence-electron chi connectivity index (χ0n) is 7.91. The first-order valence-electron chi connectivity index (χ1n) is 4.93.